The monoisotopic (exact) mass is 547 g/mol. The van der Waals surface area contributed by atoms with Crippen LogP contribution in [0.3, 0.4) is 0 Å². The largest absolute Gasteiger partial charge is 0.477 e. The van der Waals surface area contributed by atoms with Crippen molar-refractivity contribution < 1.29 is 27.4 Å². The van der Waals surface area contributed by atoms with Gasteiger partial charge in [0.1, 0.15) is 11.6 Å². The van der Waals surface area contributed by atoms with Crippen LogP contribution in [-0.4, -0.2) is 85.3 Å². The minimum Gasteiger partial charge on any atom is -0.477 e. The summed E-state index contributed by atoms with van der Waals surface area (Å²) in [5.74, 6) is -0.101. The molecule has 13 heteroatoms. The number of morpholine rings is 1. The molecule has 0 saturated carbocycles. The van der Waals surface area contributed by atoms with E-state index in [0.29, 0.717) is 45.0 Å². The van der Waals surface area contributed by atoms with E-state index in [1.807, 2.05) is 11.0 Å². The zero-order chi connectivity index (χ0) is 28.0. The summed E-state index contributed by atoms with van der Waals surface area (Å²) in [6.45, 7) is 4.37. The third-order valence-corrected chi connectivity index (χ3v) is 7.08. The Labute approximate surface area is 224 Å². The van der Waals surface area contributed by atoms with Crippen LogP contribution in [0.4, 0.5) is 24.5 Å². The first-order valence-corrected chi connectivity index (χ1v) is 12.9. The third-order valence-electron chi connectivity index (χ3n) is 7.08. The van der Waals surface area contributed by atoms with Gasteiger partial charge in [-0.25, -0.2) is 9.97 Å². The Morgan fingerprint density at radius 2 is 1.97 bits per heavy atom. The molecule has 10 nitrogen and oxygen atoms in total. The molecular weight excluding hydrogens is 515 g/mol. The van der Waals surface area contributed by atoms with Crippen molar-refractivity contribution in [2.45, 2.75) is 25.4 Å². The molecule has 210 valence electrons. The number of nitriles is 1. The number of rotatable bonds is 8. The maximum atomic E-state index is 13.9. The molecule has 0 unspecified atom stereocenters. The summed E-state index contributed by atoms with van der Waals surface area (Å²) in [5.41, 5.74) is 5.46. The van der Waals surface area contributed by atoms with Crippen LogP contribution in [-0.2, 0) is 15.7 Å². The van der Waals surface area contributed by atoms with Crippen LogP contribution in [0, 0.1) is 17.2 Å². The lowest BCUT2D eigenvalue weighted by Crippen LogP contribution is -2.47. The first kappa shape index (κ1) is 28.4. The summed E-state index contributed by atoms with van der Waals surface area (Å²) in [4.78, 5) is 24.5. The molecular formula is C26H32F3N7O3. The van der Waals surface area contributed by atoms with Gasteiger partial charge in [0.05, 0.1) is 43.4 Å². The van der Waals surface area contributed by atoms with Crippen molar-refractivity contribution in [2.24, 2.45) is 5.92 Å². The zero-order valence-corrected chi connectivity index (χ0v) is 21.8. The predicted octanol–water partition coefficient (Wildman–Crippen LogP) is 3.00. The normalized spacial score (nSPS) is 17.1. The molecule has 2 aromatic rings. The number of nitrogens with zero attached hydrogens (tertiary/aromatic N) is 5. The molecule has 0 radical (unpaired) electrons. The number of halogens is 3. The van der Waals surface area contributed by atoms with Gasteiger partial charge in [0.15, 0.2) is 5.69 Å². The number of ether oxygens (including phenoxy) is 2. The van der Waals surface area contributed by atoms with Crippen LogP contribution in [0.15, 0.2) is 18.3 Å². The Morgan fingerprint density at radius 1 is 1.26 bits per heavy atom. The number of carbonyl (C=O) groups is 1. The molecule has 2 aliphatic rings. The second-order valence-corrected chi connectivity index (χ2v) is 9.60. The van der Waals surface area contributed by atoms with E-state index in [9.17, 15) is 23.2 Å². The highest BCUT2D eigenvalue weighted by molar-refractivity contribution is 5.78. The van der Waals surface area contributed by atoms with Gasteiger partial charge >= 0.3 is 6.18 Å². The van der Waals surface area contributed by atoms with Gasteiger partial charge in [0.25, 0.3) is 0 Å². The lowest BCUT2D eigenvalue weighted by atomic mass is 9.94. The highest BCUT2D eigenvalue weighted by Crippen LogP contribution is 2.38. The number of nitrogen functional groups attached to an aromatic ring is 1. The number of nitrogens with two attached hydrogens (primary N) is 1. The third kappa shape index (κ3) is 7.07. The van der Waals surface area contributed by atoms with Gasteiger partial charge in [-0.05, 0) is 50.4 Å². The molecule has 2 aromatic heterocycles. The van der Waals surface area contributed by atoms with Gasteiger partial charge in [-0.2, -0.15) is 18.4 Å². The van der Waals surface area contributed by atoms with E-state index in [1.54, 1.807) is 7.05 Å². The van der Waals surface area contributed by atoms with Crippen LogP contribution in [0.5, 0.6) is 5.88 Å². The van der Waals surface area contributed by atoms with Crippen LogP contribution in [0.2, 0.25) is 0 Å². The Kier molecular flexibility index (Phi) is 9.08. The van der Waals surface area contributed by atoms with Gasteiger partial charge < -0.3 is 25.4 Å². The van der Waals surface area contributed by atoms with Gasteiger partial charge in [0, 0.05) is 31.9 Å². The number of hydrogen-bond donors (Lipinski definition) is 2. The first-order chi connectivity index (χ1) is 18.7. The standard InChI is InChI=1S/C26H32F3N7O3/c1-32-21-13-20(34-22(14-30)24(21)31)18-12-19(26(27,28)29)25(33-15-18)39-9-4-17-2-5-35(6-3-17)16-23(37)36-7-10-38-11-8-36/h12-13,15,17H,2-11,16,31H2,1H3,(H,32,34). The smallest absolute Gasteiger partial charge is 0.421 e. The predicted molar refractivity (Wildman–Crippen MR) is 138 cm³/mol. The van der Waals surface area contributed by atoms with E-state index in [-0.39, 0.29) is 41.1 Å². The summed E-state index contributed by atoms with van der Waals surface area (Å²) < 4.78 is 52.5. The number of anilines is 2. The average Bonchev–Trinajstić information content (AvgIpc) is 2.94. The van der Waals surface area contributed by atoms with Crippen molar-refractivity contribution in [3.05, 3.63) is 29.6 Å². The first-order valence-electron chi connectivity index (χ1n) is 12.9. The summed E-state index contributed by atoms with van der Waals surface area (Å²) in [5, 5.41) is 12.1. The van der Waals surface area contributed by atoms with Crippen LogP contribution in [0.25, 0.3) is 11.3 Å². The number of carbonyl (C=O) groups excluding carboxylic acids is 1. The van der Waals surface area contributed by atoms with Crippen molar-refractivity contribution in [1.29, 1.82) is 5.26 Å². The number of alkyl halides is 3. The Bertz CT molecular complexity index is 1200. The van der Waals surface area contributed by atoms with Crippen molar-refractivity contribution >= 4 is 17.3 Å². The minimum atomic E-state index is -4.70. The van der Waals surface area contributed by atoms with Gasteiger partial charge in [-0.15, -0.1) is 0 Å². The maximum absolute atomic E-state index is 13.9. The molecule has 2 aliphatic heterocycles. The Morgan fingerprint density at radius 3 is 2.62 bits per heavy atom. The summed E-state index contributed by atoms with van der Waals surface area (Å²) >= 11 is 0. The number of likely N-dealkylation sites (tertiary alicyclic amines) is 1. The molecule has 0 atom stereocenters. The Hall–Kier alpha value is -3.63. The molecule has 4 heterocycles. The Balaban J connectivity index is 1.34. The lowest BCUT2D eigenvalue weighted by Gasteiger charge is -2.34. The summed E-state index contributed by atoms with van der Waals surface area (Å²) in [6, 6.07) is 4.24. The number of amides is 1. The van der Waals surface area contributed by atoms with Crippen molar-refractivity contribution in [2.75, 3.05) is 70.6 Å². The molecule has 2 saturated heterocycles. The maximum Gasteiger partial charge on any atom is 0.421 e. The number of hydrogen-bond acceptors (Lipinski definition) is 9. The molecule has 39 heavy (non-hydrogen) atoms. The molecule has 0 spiro atoms. The fourth-order valence-electron chi connectivity index (χ4n) is 4.76. The highest BCUT2D eigenvalue weighted by atomic mass is 19.4. The molecule has 0 bridgehead atoms. The highest BCUT2D eigenvalue weighted by Gasteiger charge is 2.36. The fourth-order valence-corrected chi connectivity index (χ4v) is 4.76. The van der Waals surface area contributed by atoms with E-state index in [2.05, 4.69) is 20.2 Å². The van der Waals surface area contributed by atoms with Gasteiger partial charge in [-0.3, -0.25) is 9.69 Å². The van der Waals surface area contributed by atoms with Crippen molar-refractivity contribution in [3.63, 3.8) is 0 Å². The van der Waals surface area contributed by atoms with Crippen molar-refractivity contribution in [3.8, 4) is 23.2 Å². The van der Waals surface area contributed by atoms with Gasteiger partial charge in [-0.1, -0.05) is 0 Å². The van der Waals surface area contributed by atoms with E-state index in [4.69, 9.17) is 15.2 Å². The average molecular weight is 548 g/mol. The van der Waals surface area contributed by atoms with Gasteiger partial charge in [0.2, 0.25) is 11.8 Å². The second-order valence-electron chi connectivity index (χ2n) is 9.60. The van der Waals surface area contributed by atoms with E-state index in [0.717, 1.165) is 32.0 Å². The molecule has 0 aromatic carbocycles. The number of nitrogens with one attached hydrogen (secondary N) is 1. The van der Waals surface area contributed by atoms with Crippen LogP contribution in [0.1, 0.15) is 30.5 Å². The van der Waals surface area contributed by atoms with E-state index in [1.165, 1.54) is 12.3 Å². The molecule has 1 amide bonds. The number of piperidine rings is 1. The minimum absolute atomic E-state index is 0.0849. The fraction of sp³-hybridized carbons (Fsp3) is 0.538. The molecule has 4 rings (SSSR count). The number of pyridine rings is 2. The molecule has 0 aliphatic carbocycles. The summed E-state index contributed by atoms with van der Waals surface area (Å²) in [6.07, 6.45) is -1.18. The second kappa shape index (κ2) is 12.5. The van der Waals surface area contributed by atoms with Crippen molar-refractivity contribution in [1.82, 2.24) is 19.8 Å². The quantitative estimate of drug-likeness (QED) is 0.512. The molecule has 3 N–H and O–H groups in total. The molecule has 2 fully saturated rings. The zero-order valence-electron chi connectivity index (χ0n) is 21.8. The lowest BCUT2D eigenvalue weighted by molar-refractivity contribution is -0.139. The van der Waals surface area contributed by atoms with Crippen LogP contribution >= 0.6 is 0 Å². The topological polar surface area (TPSA) is 130 Å². The van der Waals surface area contributed by atoms with Crippen LogP contribution < -0.4 is 15.8 Å². The van der Waals surface area contributed by atoms with E-state index >= 15 is 0 Å². The van der Waals surface area contributed by atoms with E-state index < -0.39 is 17.6 Å². The SMILES string of the molecule is CNc1cc(-c2cnc(OCCC3CCN(CC(=O)N4CCOCC4)CC3)c(C(F)(F)F)c2)nc(C#N)c1N. The number of aromatic nitrogens is 2. The summed E-state index contributed by atoms with van der Waals surface area (Å²) in [7, 11) is 1.59.